The average Bonchev–Trinajstić information content (AvgIpc) is 3.12. The Morgan fingerprint density at radius 1 is 1.18 bits per heavy atom. The zero-order valence-corrected chi connectivity index (χ0v) is 19.8. The van der Waals surface area contributed by atoms with E-state index in [0.717, 1.165) is 57.0 Å². The van der Waals surface area contributed by atoms with Crippen molar-refractivity contribution in [3.05, 3.63) is 56.1 Å². The van der Waals surface area contributed by atoms with Crippen LogP contribution in [0.1, 0.15) is 10.4 Å². The van der Waals surface area contributed by atoms with Crippen molar-refractivity contribution in [2.24, 2.45) is 0 Å². The molecular weight excluding hydrogens is 551 g/mol. The summed E-state index contributed by atoms with van der Waals surface area (Å²) in [5.74, 6) is 0.00396. The number of rotatable bonds is 5. The Hall–Kier alpha value is -1.23. The lowest BCUT2D eigenvalue weighted by Gasteiger charge is -2.34. The Labute approximate surface area is 190 Å². The zero-order valence-electron chi connectivity index (χ0n) is 15.2. The van der Waals surface area contributed by atoms with E-state index in [-0.39, 0.29) is 5.91 Å². The topological polar surface area (TPSA) is 48.5 Å². The van der Waals surface area contributed by atoms with Crippen LogP contribution in [0.15, 0.2) is 46.9 Å². The van der Waals surface area contributed by atoms with Crippen molar-refractivity contribution in [1.82, 2.24) is 15.2 Å². The highest BCUT2D eigenvalue weighted by Gasteiger charge is 2.20. The number of benzene rings is 2. The van der Waals surface area contributed by atoms with Gasteiger partial charge in [0.25, 0.3) is 5.91 Å². The van der Waals surface area contributed by atoms with Crippen molar-refractivity contribution in [2.45, 2.75) is 0 Å². The van der Waals surface area contributed by atoms with Crippen LogP contribution in [0.2, 0.25) is 0 Å². The maximum absolute atomic E-state index is 12.3. The third kappa shape index (κ3) is 4.67. The van der Waals surface area contributed by atoms with E-state index in [0.29, 0.717) is 6.54 Å². The maximum atomic E-state index is 12.3. The van der Waals surface area contributed by atoms with Gasteiger partial charge in [0.15, 0.2) is 5.13 Å². The number of hydrogen-bond donors (Lipinski definition) is 1. The van der Waals surface area contributed by atoms with Crippen molar-refractivity contribution in [2.75, 3.05) is 44.2 Å². The number of carbonyl (C=O) groups is 1. The molecule has 28 heavy (non-hydrogen) atoms. The summed E-state index contributed by atoms with van der Waals surface area (Å²) in [7, 11) is 0. The molecule has 0 unspecified atom stereocenters. The lowest BCUT2D eigenvalue weighted by molar-refractivity contribution is 0.0947. The summed E-state index contributed by atoms with van der Waals surface area (Å²) < 4.78 is 3.28. The molecule has 5 nitrogen and oxygen atoms in total. The minimum atomic E-state index is 0.00396. The van der Waals surface area contributed by atoms with Gasteiger partial charge in [0.05, 0.1) is 15.8 Å². The summed E-state index contributed by atoms with van der Waals surface area (Å²) in [6, 6.07) is 13.9. The summed E-state index contributed by atoms with van der Waals surface area (Å²) in [6.07, 6.45) is 0. The fourth-order valence-electron chi connectivity index (χ4n) is 3.25. The second kappa shape index (κ2) is 9.06. The molecule has 1 N–H and O–H groups in total. The van der Waals surface area contributed by atoms with Gasteiger partial charge in [-0.25, -0.2) is 4.98 Å². The second-order valence-electron chi connectivity index (χ2n) is 6.67. The largest absolute Gasteiger partial charge is 0.351 e. The highest BCUT2D eigenvalue weighted by molar-refractivity contribution is 14.1. The monoisotopic (exact) mass is 570 g/mol. The summed E-state index contributed by atoms with van der Waals surface area (Å²) in [5.41, 5.74) is 1.80. The fraction of sp³-hybridized carbons (Fsp3) is 0.300. The SMILES string of the molecule is O=C(NCCN1CCN(c2nc3ccc(Br)cc3s2)CC1)c1ccccc1I. The molecule has 0 bridgehead atoms. The van der Waals surface area contributed by atoms with E-state index in [1.807, 2.05) is 30.3 Å². The van der Waals surface area contributed by atoms with E-state index in [1.165, 1.54) is 4.70 Å². The molecule has 0 atom stereocenters. The first-order valence-corrected chi connectivity index (χ1v) is 11.8. The van der Waals surface area contributed by atoms with Gasteiger partial charge < -0.3 is 10.2 Å². The van der Waals surface area contributed by atoms with E-state index >= 15 is 0 Å². The van der Waals surface area contributed by atoms with Crippen LogP contribution in [0, 0.1) is 3.57 Å². The number of nitrogens with zero attached hydrogens (tertiary/aromatic N) is 3. The minimum Gasteiger partial charge on any atom is -0.351 e. The molecule has 146 valence electrons. The van der Waals surface area contributed by atoms with Crippen LogP contribution in [-0.2, 0) is 0 Å². The molecule has 0 spiro atoms. The Morgan fingerprint density at radius 2 is 1.96 bits per heavy atom. The lowest BCUT2D eigenvalue weighted by atomic mass is 10.2. The van der Waals surface area contributed by atoms with Crippen LogP contribution >= 0.6 is 49.9 Å². The number of halogens is 2. The zero-order chi connectivity index (χ0) is 19.5. The Morgan fingerprint density at radius 3 is 2.75 bits per heavy atom. The first kappa shape index (κ1) is 20.1. The number of hydrogen-bond acceptors (Lipinski definition) is 5. The van der Waals surface area contributed by atoms with E-state index in [4.69, 9.17) is 4.98 Å². The normalized spacial score (nSPS) is 15.1. The van der Waals surface area contributed by atoms with E-state index in [9.17, 15) is 4.79 Å². The molecule has 4 rings (SSSR count). The molecule has 1 amide bonds. The van der Waals surface area contributed by atoms with Crippen LogP contribution in [0.5, 0.6) is 0 Å². The molecule has 0 aliphatic carbocycles. The van der Waals surface area contributed by atoms with Gasteiger partial charge in [0, 0.05) is 47.3 Å². The highest BCUT2D eigenvalue weighted by atomic mass is 127. The Balaban J connectivity index is 1.26. The van der Waals surface area contributed by atoms with Crippen molar-refractivity contribution < 1.29 is 4.79 Å². The number of piperazine rings is 1. The van der Waals surface area contributed by atoms with E-state index in [1.54, 1.807) is 11.3 Å². The average molecular weight is 571 g/mol. The molecular formula is C20H20BrIN4OS. The van der Waals surface area contributed by atoms with Gasteiger partial charge in [-0.1, -0.05) is 39.4 Å². The highest BCUT2D eigenvalue weighted by Crippen LogP contribution is 2.31. The summed E-state index contributed by atoms with van der Waals surface area (Å²) in [4.78, 5) is 21.8. The number of amides is 1. The number of aromatic nitrogens is 1. The first-order chi connectivity index (χ1) is 13.6. The van der Waals surface area contributed by atoms with Crippen LogP contribution in [0.4, 0.5) is 5.13 Å². The quantitative estimate of drug-likeness (QED) is 0.467. The number of nitrogens with one attached hydrogen (secondary N) is 1. The van der Waals surface area contributed by atoms with Gasteiger partial charge in [-0.2, -0.15) is 0 Å². The van der Waals surface area contributed by atoms with Gasteiger partial charge in [-0.05, 0) is 52.9 Å². The molecule has 0 saturated carbocycles. The standard InChI is InChI=1S/C20H20BrIN4OS/c21-14-5-6-17-18(13-14)28-20(24-17)26-11-9-25(10-12-26)8-7-23-19(27)15-3-1-2-4-16(15)22/h1-6,13H,7-12H2,(H,23,27). The summed E-state index contributed by atoms with van der Waals surface area (Å²) in [5, 5.41) is 4.14. The van der Waals surface area contributed by atoms with Gasteiger partial charge in [-0.15, -0.1) is 0 Å². The van der Waals surface area contributed by atoms with Gasteiger partial charge in [0.2, 0.25) is 0 Å². The molecule has 1 fully saturated rings. The van der Waals surface area contributed by atoms with Crippen molar-refractivity contribution in [1.29, 1.82) is 0 Å². The minimum absolute atomic E-state index is 0.00396. The molecule has 3 aromatic rings. The molecule has 2 heterocycles. The van der Waals surface area contributed by atoms with Crippen LogP contribution in [0.3, 0.4) is 0 Å². The molecule has 8 heteroatoms. The van der Waals surface area contributed by atoms with Crippen LogP contribution in [-0.4, -0.2) is 55.1 Å². The van der Waals surface area contributed by atoms with Crippen molar-refractivity contribution >= 4 is 71.1 Å². The predicted molar refractivity (Wildman–Crippen MR) is 127 cm³/mol. The molecule has 2 aromatic carbocycles. The maximum Gasteiger partial charge on any atom is 0.252 e. The van der Waals surface area contributed by atoms with Crippen LogP contribution < -0.4 is 10.2 Å². The van der Waals surface area contributed by atoms with E-state index in [2.05, 4.69) is 65.8 Å². The number of carbonyl (C=O) groups excluding carboxylic acids is 1. The second-order valence-corrected chi connectivity index (χ2v) is 9.76. The third-order valence-corrected chi connectivity index (χ3v) is 7.33. The Bertz CT molecular complexity index is 987. The number of fused-ring (bicyclic) bond motifs is 1. The van der Waals surface area contributed by atoms with Gasteiger partial charge >= 0.3 is 0 Å². The lowest BCUT2D eigenvalue weighted by Crippen LogP contribution is -2.48. The predicted octanol–water partition coefficient (Wildman–Crippen LogP) is 4.22. The molecule has 1 aromatic heterocycles. The van der Waals surface area contributed by atoms with Crippen LogP contribution in [0.25, 0.3) is 10.2 Å². The van der Waals surface area contributed by atoms with Gasteiger partial charge in [0.1, 0.15) is 0 Å². The molecule has 1 saturated heterocycles. The van der Waals surface area contributed by atoms with Gasteiger partial charge in [-0.3, -0.25) is 9.69 Å². The molecule has 1 aliphatic rings. The number of thiazole rings is 1. The number of anilines is 1. The summed E-state index contributed by atoms with van der Waals surface area (Å²) in [6.45, 7) is 5.43. The van der Waals surface area contributed by atoms with E-state index < -0.39 is 0 Å². The molecule has 1 aliphatic heterocycles. The van der Waals surface area contributed by atoms with Crippen molar-refractivity contribution in [3.63, 3.8) is 0 Å². The third-order valence-electron chi connectivity index (χ3n) is 4.81. The smallest absolute Gasteiger partial charge is 0.252 e. The van der Waals surface area contributed by atoms with Crippen molar-refractivity contribution in [3.8, 4) is 0 Å². The Kier molecular flexibility index (Phi) is 6.49. The molecule has 0 radical (unpaired) electrons. The summed E-state index contributed by atoms with van der Waals surface area (Å²) >= 11 is 7.48. The first-order valence-electron chi connectivity index (χ1n) is 9.16. The fourth-order valence-corrected chi connectivity index (χ4v) is 5.45.